The van der Waals surface area contributed by atoms with Crippen LogP contribution in [0, 0.1) is 0 Å². The molecule has 0 N–H and O–H groups in total. The number of allylic oxidation sites excluding steroid dienone is 1. The highest BCUT2D eigenvalue weighted by molar-refractivity contribution is 5.85. The molecule has 0 atom stereocenters. The van der Waals surface area contributed by atoms with Crippen molar-refractivity contribution in [1.82, 2.24) is 9.55 Å². The molecule has 2 aromatic heterocycles. The SMILES string of the molecule is O=c1nc2n(c3ccccc13)CCC2=Cc1ccco1. The molecule has 20 heavy (non-hydrogen) atoms. The van der Waals surface area contributed by atoms with Crippen molar-refractivity contribution in [3.8, 4) is 0 Å². The molecular weight excluding hydrogens is 252 g/mol. The first-order valence-electron chi connectivity index (χ1n) is 6.57. The number of hydrogen-bond acceptors (Lipinski definition) is 3. The highest BCUT2D eigenvalue weighted by Gasteiger charge is 2.20. The summed E-state index contributed by atoms with van der Waals surface area (Å²) in [6, 6.07) is 11.4. The van der Waals surface area contributed by atoms with Gasteiger partial charge in [0, 0.05) is 12.1 Å². The number of aryl methyl sites for hydroxylation is 1. The van der Waals surface area contributed by atoms with Crippen molar-refractivity contribution in [2.75, 3.05) is 0 Å². The second-order valence-corrected chi connectivity index (χ2v) is 4.84. The highest BCUT2D eigenvalue weighted by atomic mass is 16.3. The van der Waals surface area contributed by atoms with Crippen molar-refractivity contribution in [3.05, 3.63) is 64.6 Å². The van der Waals surface area contributed by atoms with Gasteiger partial charge in [-0.2, -0.15) is 4.98 Å². The predicted molar refractivity (Wildman–Crippen MR) is 77.2 cm³/mol. The first kappa shape index (κ1) is 11.2. The van der Waals surface area contributed by atoms with E-state index in [2.05, 4.69) is 9.55 Å². The molecule has 0 unspecified atom stereocenters. The number of furan rings is 1. The lowest BCUT2D eigenvalue weighted by Gasteiger charge is -2.07. The van der Waals surface area contributed by atoms with Crippen LogP contribution in [0.4, 0.5) is 0 Å². The lowest BCUT2D eigenvalue weighted by Crippen LogP contribution is -2.14. The zero-order valence-electron chi connectivity index (χ0n) is 10.7. The summed E-state index contributed by atoms with van der Waals surface area (Å²) in [7, 11) is 0. The van der Waals surface area contributed by atoms with Crippen LogP contribution in [0.25, 0.3) is 22.6 Å². The van der Waals surface area contributed by atoms with Crippen molar-refractivity contribution < 1.29 is 4.42 Å². The van der Waals surface area contributed by atoms with E-state index in [1.165, 1.54) is 0 Å². The smallest absolute Gasteiger partial charge is 0.281 e. The van der Waals surface area contributed by atoms with Gasteiger partial charge in [-0.15, -0.1) is 0 Å². The Morgan fingerprint density at radius 2 is 2.10 bits per heavy atom. The molecule has 4 heteroatoms. The third kappa shape index (κ3) is 1.61. The van der Waals surface area contributed by atoms with E-state index < -0.39 is 0 Å². The van der Waals surface area contributed by atoms with Gasteiger partial charge in [0.05, 0.1) is 17.2 Å². The van der Waals surface area contributed by atoms with Crippen LogP contribution >= 0.6 is 0 Å². The minimum absolute atomic E-state index is 0.168. The first-order valence-corrected chi connectivity index (χ1v) is 6.57. The van der Waals surface area contributed by atoms with E-state index in [0.717, 1.165) is 35.6 Å². The highest BCUT2D eigenvalue weighted by Crippen LogP contribution is 2.29. The summed E-state index contributed by atoms with van der Waals surface area (Å²) in [4.78, 5) is 16.4. The summed E-state index contributed by atoms with van der Waals surface area (Å²) < 4.78 is 7.44. The van der Waals surface area contributed by atoms with Crippen molar-refractivity contribution in [2.24, 2.45) is 0 Å². The second kappa shape index (κ2) is 4.20. The molecule has 98 valence electrons. The van der Waals surface area contributed by atoms with Crippen molar-refractivity contribution >= 4 is 22.6 Å². The summed E-state index contributed by atoms with van der Waals surface area (Å²) in [6.45, 7) is 0.843. The number of hydrogen-bond donors (Lipinski definition) is 0. The molecule has 0 fully saturated rings. The number of aromatic nitrogens is 2. The summed E-state index contributed by atoms with van der Waals surface area (Å²) >= 11 is 0. The molecule has 4 nitrogen and oxygen atoms in total. The molecule has 0 spiro atoms. The molecule has 1 aliphatic rings. The van der Waals surface area contributed by atoms with Gasteiger partial charge in [0.25, 0.3) is 5.56 Å². The van der Waals surface area contributed by atoms with E-state index in [4.69, 9.17) is 4.42 Å². The Hall–Kier alpha value is -2.62. The van der Waals surface area contributed by atoms with Gasteiger partial charge in [0.2, 0.25) is 0 Å². The van der Waals surface area contributed by atoms with Crippen LogP contribution in [0.15, 0.2) is 51.9 Å². The third-order valence-electron chi connectivity index (χ3n) is 3.64. The molecule has 0 saturated heterocycles. The number of nitrogens with zero attached hydrogens (tertiary/aromatic N) is 2. The molecule has 3 aromatic rings. The normalized spacial score (nSPS) is 15.9. The fourth-order valence-corrected chi connectivity index (χ4v) is 2.72. The Morgan fingerprint density at radius 3 is 2.95 bits per heavy atom. The maximum absolute atomic E-state index is 12.1. The first-order chi connectivity index (χ1) is 9.83. The monoisotopic (exact) mass is 264 g/mol. The Morgan fingerprint density at radius 1 is 1.20 bits per heavy atom. The van der Waals surface area contributed by atoms with Crippen molar-refractivity contribution in [2.45, 2.75) is 13.0 Å². The number of rotatable bonds is 1. The summed E-state index contributed by atoms with van der Waals surface area (Å²) in [5, 5.41) is 0.676. The molecule has 0 radical (unpaired) electrons. The molecule has 4 rings (SSSR count). The zero-order chi connectivity index (χ0) is 13.5. The average molecular weight is 264 g/mol. The van der Waals surface area contributed by atoms with Gasteiger partial charge in [-0.25, -0.2) is 0 Å². The minimum atomic E-state index is -0.168. The van der Waals surface area contributed by atoms with Crippen LogP contribution in [0.3, 0.4) is 0 Å². The molecule has 0 bridgehead atoms. The Balaban J connectivity index is 1.97. The largest absolute Gasteiger partial charge is 0.465 e. The Labute approximate surface area is 115 Å². The van der Waals surface area contributed by atoms with Gasteiger partial charge >= 0.3 is 0 Å². The predicted octanol–water partition coefficient (Wildman–Crippen LogP) is 2.93. The molecule has 1 aliphatic heterocycles. The van der Waals surface area contributed by atoms with Crippen molar-refractivity contribution in [1.29, 1.82) is 0 Å². The van der Waals surface area contributed by atoms with Gasteiger partial charge < -0.3 is 8.98 Å². The standard InChI is InChI=1S/C16H12N2O2/c19-16-13-5-1-2-6-14(13)18-8-7-11(15(18)17-16)10-12-4-3-9-20-12/h1-6,9-10H,7-8H2. The van der Waals surface area contributed by atoms with E-state index in [1.807, 2.05) is 42.5 Å². The van der Waals surface area contributed by atoms with Crippen LogP contribution in [0.1, 0.15) is 18.0 Å². The van der Waals surface area contributed by atoms with Crippen LogP contribution in [-0.4, -0.2) is 9.55 Å². The summed E-state index contributed by atoms with van der Waals surface area (Å²) in [6.07, 6.45) is 4.46. The van der Waals surface area contributed by atoms with Crippen LogP contribution in [0.5, 0.6) is 0 Å². The van der Waals surface area contributed by atoms with E-state index in [1.54, 1.807) is 6.26 Å². The van der Waals surface area contributed by atoms with E-state index in [0.29, 0.717) is 5.39 Å². The topological polar surface area (TPSA) is 48.0 Å². The van der Waals surface area contributed by atoms with Crippen molar-refractivity contribution in [3.63, 3.8) is 0 Å². The molecule has 0 saturated carbocycles. The summed E-state index contributed by atoms with van der Waals surface area (Å²) in [5.41, 5.74) is 1.83. The second-order valence-electron chi connectivity index (χ2n) is 4.84. The van der Waals surface area contributed by atoms with Crippen LogP contribution in [-0.2, 0) is 6.54 Å². The molecular formula is C16H12N2O2. The van der Waals surface area contributed by atoms with E-state index >= 15 is 0 Å². The van der Waals surface area contributed by atoms with Gasteiger partial charge in [-0.05, 0) is 36.8 Å². The Kier molecular flexibility index (Phi) is 2.36. The lowest BCUT2D eigenvalue weighted by molar-refractivity contribution is 0.557. The fraction of sp³-hybridized carbons (Fsp3) is 0.125. The molecule has 3 heterocycles. The van der Waals surface area contributed by atoms with Gasteiger partial charge in [-0.1, -0.05) is 12.1 Å². The quantitative estimate of drug-likeness (QED) is 0.679. The van der Waals surface area contributed by atoms with Crippen LogP contribution in [0.2, 0.25) is 0 Å². The lowest BCUT2D eigenvalue weighted by atomic mass is 10.2. The Bertz CT molecular complexity index is 873. The summed E-state index contributed by atoms with van der Waals surface area (Å²) in [5.74, 6) is 1.54. The van der Waals surface area contributed by atoms with E-state index in [9.17, 15) is 4.79 Å². The third-order valence-corrected chi connectivity index (χ3v) is 3.64. The van der Waals surface area contributed by atoms with Gasteiger partial charge in [0.15, 0.2) is 0 Å². The van der Waals surface area contributed by atoms with Gasteiger partial charge in [0.1, 0.15) is 11.6 Å². The fourth-order valence-electron chi connectivity index (χ4n) is 2.72. The number of benzene rings is 1. The number of fused-ring (bicyclic) bond motifs is 3. The molecule has 1 aromatic carbocycles. The molecule has 0 amide bonds. The van der Waals surface area contributed by atoms with Crippen LogP contribution < -0.4 is 5.56 Å². The van der Waals surface area contributed by atoms with E-state index in [-0.39, 0.29) is 5.56 Å². The number of para-hydroxylation sites is 1. The molecule has 0 aliphatic carbocycles. The maximum Gasteiger partial charge on any atom is 0.281 e. The zero-order valence-corrected chi connectivity index (χ0v) is 10.7. The average Bonchev–Trinajstić information content (AvgIpc) is 3.11. The van der Waals surface area contributed by atoms with Gasteiger partial charge in [-0.3, -0.25) is 4.79 Å². The maximum atomic E-state index is 12.1. The minimum Gasteiger partial charge on any atom is -0.465 e.